The minimum Gasteiger partial charge on any atom is -0.462 e. The molecule has 0 aromatic rings. The quantitative estimate of drug-likeness (QED) is 0.215. The summed E-state index contributed by atoms with van der Waals surface area (Å²) in [6, 6.07) is 0. The van der Waals surface area contributed by atoms with E-state index in [0.717, 1.165) is 0 Å². The number of esters is 2. The fourth-order valence-electron chi connectivity index (χ4n) is 0.572. The van der Waals surface area contributed by atoms with Gasteiger partial charge in [0.2, 0.25) is 0 Å². The average Bonchev–Trinajstić information content (AvgIpc) is 2.16. The van der Waals surface area contributed by atoms with Gasteiger partial charge in [0, 0.05) is 7.11 Å². The molecule has 0 N–H and O–H groups in total. The zero-order valence-corrected chi connectivity index (χ0v) is 8.53. The number of ether oxygens (including phenoxy) is 3. The van der Waals surface area contributed by atoms with Gasteiger partial charge in [-0.25, -0.2) is 9.59 Å². The van der Waals surface area contributed by atoms with Crippen LogP contribution in [0.15, 0.2) is 12.2 Å². The van der Waals surface area contributed by atoms with E-state index in [1.54, 1.807) is 6.92 Å². The maximum absolute atomic E-state index is 11.1. The van der Waals surface area contributed by atoms with Crippen LogP contribution in [0.1, 0.15) is 13.8 Å². The lowest BCUT2D eigenvalue weighted by molar-refractivity contribution is -0.166. The molecule has 0 fully saturated rings. The minimum absolute atomic E-state index is 0.185. The Labute approximate surface area is 82.6 Å². The molecule has 0 aromatic heterocycles. The number of hydrogen-bond acceptors (Lipinski definition) is 5. The first-order chi connectivity index (χ1) is 6.52. The number of methoxy groups -OCH3 is 1. The van der Waals surface area contributed by atoms with Crippen molar-refractivity contribution in [1.82, 2.24) is 0 Å². The lowest BCUT2D eigenvalue weighted by atomic mass is 10.3. The van der Waals surface area contributed by atoms with Gasteiger partial charge in [0.05, 0.1) is 6.61 Å². The lowest BCUT2D eigenvalue weighted by Crippen LogP contribution is -2.22. The number of hydrogen-bond donors (Lipinski definition) is 0. The van der Waals surface area contributed by atoms with Crippen LogP contribution in [0.3, 0.4) is 0 Å². The molecule has 0 radical (unpaired) electrons. The Morgan fingerprint density at radius 3 is 2.36 bits per heavy atom. The van der Waals surface area contributed by atoms with Gasteiger partial charge in [0.25, 0.3) is 0 Å². The Bertz CT molecular complexity index is 233. The summed E-state index contributed by atoms with van der Waals surface area (Å²) in [5, 5.41) is 0. The van der Waals surface area contributed by atoms with Gasteiger partial charge in [-0.3, -0.25) is 0 Å². The van der Waals surface area contributed by atoms with E-state index >= 15 is 0 Å². The van der Waals surface area contributed by atoms with Crippen LogP contribution in [0.4, 0.5) is 0 Å². The van der Waals surface area contributed by atoms with Crippen LogP contribution in [0, 0.1) is 0 Å². The predicted molar refractivity (Wildman–Crippen MR) is 48.3 cm³/mol. The second-order valence-electron chi connectivity index (χ2n) is 2.41. The number of rotatable bonds is 5. The van der Waals surface area contributed by atoms with Crippen molar-refractivity contribution in [3.05, 3.63) is 12.2 Å². The zero-order valence-electron chi connectivity index (χ0n) is 8.53. The van der Waals surface area contributed by atoms with E-state index in [1.807, 2.05) is 0 Å². The van der Waals surface area contributed by atoms with Crippen LogP contribution in [0.2, 0.25) is 0 Å². The Hall–Kier alpha value is -1.36. The average molecular weight is 202 g/mol. The smallest absolute Gasteiger partial charge is 0.347 e. The molecule has 0 heterocycles. The largest absolute Gasteiger partial charge is 0.462 e. The first-order valence-corrected chi connectivity index (χ1v) is 4.12. The second-order valence-corrected chi connectivity index (χ2v) is 2.41. The maximum Gasteiger partial charge on any atom is 0.347 e. The number of carbonyl (C=O) groups excluding carboxylic acids is 2. The molecule has 0 rings (SSSR count). The van der Waals surface area contributed by atoms with Crippen molar-refractivity contribution in [1.29, 1.82) is 0 Å². The van der Waals surface area contributed by atoms with Crippen molar-refractivity contribution in [2.75, 3.05) is 13.7 Å². The van der Waals surface area contributed by atoms with Gasteiger partial charge in [-0.15, -0.1) is 0 Å². The molecule has 5 heteroatoms. The van der Waals surface area contributed by atoms with E-state index in [4.69, 9.17) is 0 Å². The molecule has 0 saturated heterocycles. The monoisotopic (exact) mass is 202 g/mol. The van der Waals surface area contributed by atoms with Gasteiger partial charge in [0.15, 0.2) is 6.29 Å². The van der Waals surface area contributed by atoms with Crippen molar-refractivity contribution in [3.8, 4) is 0 Å². The van der Waals surface area contributed by atoms with Crippen molar-refractivity contribution < 1.29 is 23.8 Å². The third-order valence-corrected chi connectivity index (χ3v) is 1.37. The van der Waals surface area contributed by atoms with Crippen molar-refractivity contribution >= 4 is 11.9 Å². The highest BCUT2D eigenvalue weighted by Crippen LogP contribution is 2.01. The molecule has 1 atom stereocenters. The summed E-state index contributed by atoms with van der Waals surface area (Å²) in [4.78, 5) is 22.1. The summed E-state index contributed by atoms with van der Waals surface area (Å²) < 4.78 is 13.9. The first kappa shape index (κ1) is 12.6. The Kier molecular flexibility index (Phi) is 5.55. The number of carbonyl (C=O) groups is 2. The Morgan fingerprint density at radius 2 is 1.93 bits per heavy atom. The molecule has 0 aliphatic heterocycles. The Balaban J connectivity index is 4.12. The highest BCUT2D eigenvalue weighted by Gasteiger charge is 2.20. The predicted octanol–water partition coefficient (Wildman–Crippen LogP) is 0.641. The molecule has 0 saturated carbocycles. The van der Waals surface area contributed by atoms with Crippen molar-refractivity contribution in [3.63, 3.8) is 0 Å². The van der Waals surface area contributed by atoms with E-state index in [9.17, 15) is 9.59 Å². The second kappa shape index (κ2) is 6.15. The molecule has 0 aliphatic carbocycles. The lowest BCUT2D eigenvalue weighted by Gasteiger charge is -2.11. The minimum atomic E-state index is -0.835. The summed E-state index contributed by atoms with van der Waals surface area (Å²) in [5.74, 6) is -1.61. The third-order valence-electron chi connectivity index (χ3n) is 1.37. The Morgan fingerprint density at radius 1 is 1.36 bits per heavy atom. The molecular formula is C9H14O5. The maximum atomic E-state index is 11.1. The van der Waals surface area contributed by atoms with E-state index in [1.165, 1.54) is 14.0 Å². The van der Waals surface area contributed by atoms with E-state index in [-0.39, 0.29) is 12.2 Å². The van der Waals surface area contributed by atoms with Gasteiger partial charge in [0.1, 0.15) is 5.57 Å². The molecule has 14 heavy (non-hydrogen) atoms. The van der Waals surface area contributed by atoms with Crippen LogP contribution in [-0.4, -0.2) is 31.9 Å². The molecule has 5 nitrogen and oxygen atoms in total. The summed E-state index contributed by atoms with van der Waals surface area (Å²) in [6.07, 6.45) is -0.714. The van der Waals surface area contributed by atoms with Gasteiger partial charge < -0.3 is 14.2 Å². The summed E-state index contributed by atoms with van der Waals surface area (Å²) >= 11 is 0. The standard InChI is InChI=1S/C9H14O5/c1-5-13-8(10)6(2)9(11)14-7(3)12-4/h7H,2,5H2,1,3-4H3. The van der Waals surface area contributed by atoms with E-state index in [0.29, 0.717) is 0 Å². The highest BCUT2D eigenvalue weighted by atomic mass is 16.7. The normalized spacial score (nSPS) is 11.6. The van der Waals surface area contributed by atoms with Gasteiger partial charge in [-0.1, -0.05) is 6.58 Å². The van der Waals surface area contributed by atoms with Crippen molar-refractivity contribution in [2.24, 2.45) is 0 Å². The molecule has 0 spiro atoms. The fraction of sp³-hybridized carbons (Fsp3) is 0.556. The molecule has 80 valence electrons. The first-order valence-electron chi connectivity index (χ1n) is 4.12. The van der Waals surface area contributed by atoms with Gasteiger partial charge >= 0.3 is 11.9 Å². The van der Waals surface area contributed by atoms with Crippen molar-refractivity contribution in [2.45, 2.75) is 20.1 Å². The van der Waals surface area contributed by atoms with Crippen LogP contribution >= 0.6 is 0 Å². The molecule has 0 bridgehead atoms. The molecular weight excluding hydrogens is 188 g/mol. The van der Waals surface area contributed by atoms with Crippen LogP contribution in [-0.2, 0) is 23.8 Å². The fourth-order valence-corrected chi connectivity index (χ4v) is 0.572. The van der Waals surface area contributed by atoms with Gasteiger partial charge in [-0.2, -0.15) is 0 Å². The highest BCUT2D eigenvalue weighted by molar-refractivity contribution is 6.13. The third kappa shape index (κ3) is 4.04. The van der Waals surface area contributed by atoms with Crippen LogP contribution < -0.4 is 0 Å². The summed E-state index contributed by atoms with van der Waals surface area (Å²) in [5.41, 5.74) is -0.337. The van der Waals surface area contributed by atoms with Crippen LogP contribution in [0.25, 0.3) is 0 Å². The molecule has 0 amide bonds. The summed E-state index contributed by atoms with van der Waals surface area (Å²) in [7, 11) is 1.38. The summed E-state index contributed by atoms with van der Waals surface area (Å²) in [6.45, 7) is 6.60. The van der Waals surface area contributed by atoms with Gasteiger partial charge in [-0.05, 0) is 13.8 Å². The van der Waals surface area contributed by atoms with E-state index < -0.39 is 18.2 Å². The molecule has 0 aromatic carbocycles. The zero-order chi connectivity index (χ0) is 11.1. The SMILES string of the molecule is C=C(C(=O)OCC)C(=O)OC(C)OC. The van der Waals surface area contributed by atoms with Crippen LogP contribution in [0.5, 0.6) is 0 Å². The topological polar surface area (TPSA) is 61.8 Å². The molecule has 0 aliphatic rings. The van der Waals surface area contributed by atoms with E-state index in [2.05, 4.69) is 20.8 Å². The molecule has 1 unspecified atom stereocenters.